The number of ether oxygens (including phenoxy) is 1. The van der Waals surface area contributed by atoms with Gasteiger partial charge in [0, 0.05) is 15.4 Å². The van der Waals surface area contributed by atoms with E-state index in [0.29, 0.717) is 6.04 Å². The molecule has 1 aromatic heterocycles. The molecule has 0 saturated carbocycles. The van der Waals surface area contributed by atoms with Crippen molar-refractivity contribution in [3.63, 3.8) is 0 Å². The molecule has 1 N–H and O–H groups in total. The molecular formula is C17H22BrNOS. The Morgan fingerprint density at radius 2 is 2.14 bits per heavy atom. The van der Waals surface area contributed by atoms with Gasteiger partial charge in [-0.3, -0.25) is 0 Å². The number of hydrogen-bond donors (Lipinski definition) is 1. The molecule has 4 heteroatoms. The van der Waals surface area contributed by atoms with Gasteiger partial charge < -0.3 is 10.1 Å². The van der Waals surface area contributed by atoms with E-state index < -0.39 is 0 Å². The highest BCUT2D eigenvalue weighted by Gasteiger charge is 2.13. The smallest absolute Gasteiger partial charge is 0.119 e. The standard InChI is InChI=1S/C17H22BrNOS/c1-3-8-19-14(12-17-16(18)7-9-21-17)10-13-5-4-6-15(11-13)20-2/h4-7,9,11,14,19H,3,8,10,12H2,1-2H3. The maximum atomic E-state index is 5.32. The molecule has 0 aliphatic heterocycles. The van der Waals surface area contributed by atoms with Crippen LogP contribution in [-0.4, -0.2) is 19.7 Å². The number of methoxy groups -OCH3 is 1. The summed E-state index contributed by atoms with van der Waals surface area (Å²) in [6.45, 7) is 3.26. The summed E-state index contributed by atoms with van der Waals surface area (Å²) in [4.78, 5) is 1.41. The quantitative estimate of drug-likeness (QED) is 0.731. The van der Waals surface area contributed by atoms with Gasteiger partial charge in [-0.15, -0.1) is 11.3 Å². The first kappa shape index (κ1) is 16.5. The van der Waals surface area contributed by atoms with Crippen molar-refractivity contribution in [1.82, 2.24) is 5.32 Å². The molecule has 0 aliphatic carbocycles. The Bertz CT molecular complexity index is 555. The van der Waals surface area contributed by atoms with E-state index in [2.05, 4.69) is 57.8 Å². The Balaban J connectivity index is 2.06. The zero-order chi connectivity index (χ0) is 15.1. The van der Waals surface area contributed by atoms with Crippen LogP contribution in [0.15, 0.2) is 40.2 Å². The second-order valence-corrected chi connectivity index (χ2v) is 6.96. The second-order valence-electron chi connectivity index (χ2n) is 5.10. The van der Waals surface area contributed by atoms with Crippen molar-refractivity contribution in [2.75, 3.05) is 13.7 Å². The Morgan fingerprint density at radius 3 is 2.81 bits per heavy atom. The third kappa shape index (κ3) is 5.13. The monoisotopic (exact) mass is 367 g/mol. The van der Waals surface area contributed by atoms with Crippen LogP contribution in [0.5, 0.6) is 5.75 Å². The third-order valence-corrected chi connectivity index (χ3v) is 5.37. The predicted molar refractivity (Wildman–Crippen MR) is 94.5 cm³/mol. The highest BCUT2D eigenvalue weighted by molar-refractivity contribution is 9.10. The summed E-state index contributed by atoms with van der Waals surface area (Å²) in [5.74, 6) is 0.930. The van der Waals surface area contributed by atoms with Gasteiger partial charge in [-0.2, -0.15) is 0 Å². The topological polar surface area (TPSA) is 21.3 Å². The fourth-order valence-electron chi connectivity index (χ4n) is 2.34. The SMILES string of the molecule is CCCNC(Cc1cccc(OC)c1)Cc1sccc1Br. The highest BCUT2D eigenvalue weighted by Crippen LogP contribution is 2.25. The maximum Gasteiger partial charge on any atom is 0.119 e. The van der Waals surface area contributed by atoms with Crippen LogP contribution in [0.25, 0.3) is 0 Å². The first-order valence-electron chi connectivity index (χ1n) is 7.31. The minimum absolute atomic E-state index is 0.451. The van der Waals surface area contributed by atoms with E-state index in [9.17, 15) is 0 Å². The van der Waals surface area contributed by atoms with Crippen LogP contribution >= 0.6 is 27.3 Å². The molecule has 1 atom stereocenters. The number of rotatable bonds is 8. The minimum Gasteiger partial charge on any atom is -0.497 e. The molecule has 2 nitrogen and oxygen atoms in total. The molecule has 2 aromatic rings. The molecule has 2 rings (SSSR count). The molecular weight excluding hydrogens is 346 g/mol. The normalized spacial score (nSPS) is 12.3. The number of benzene rings is 1. The van der Waals surface area contributed by atoms with Crippen molar-refractivity contribution in [3.8, 4) is 5.75 Å². The van der Waals surface area contributed by atoms with Crippen molar-refractivity contribution < 1.29 is 4.74 Å². The highest BCUT2D eigenvalue weighted by atomic mass is 79.9. The summed E-state index contributed by atoms with van der Waals surface area (Å²) in [6, 6.07) is 10.9. The Kier molecular flexibility index (Phi) is 6.74. The molecule has 114 valence electrons. The number of thiophene rings is 1. The summed E-state index contributed by atoms with van der Waals surface area (Å²) < 4.78 is 6.54. The lowest BCUT2D eigenvalue weighted by Gasteiger charge is -2.18. The average molecular weight is 368 g/mol. The van der Waals surface area contributed by atoms with Gasteiger partial charge in [0.15, 0.2) is 0 Å². The summed E-state index contributed by atoms with van der Waals surface area (Å²) >= 11 is 5.45. The molecule has 0 amide bonds. The van der Waals surface area contributed by atoms with Crippen LogP contribution in [0, 0.1) is 0 Å². The molecule has 0 fully saturated rings. The second kappa shape index (κ2) is 8.57. The zero-order valence-electron chi connectivity index (χ0n) is 12.6. The summed E-state index contributed by atoms with van der Waals surface area (Å²) in [6.07, 6.45) is 3.22. The van der Waals surface area contributed by atoms with E-state index in [1.807, 2.05) is 17.4 Å². The van der Waals surface area contributed by atoms with Crippen molar-refractivity contribution in [1.29, 1.82) is 0 Å². The lowest BCUT2D eigenvalue weighted by molar-refractivity contribution is 0.413. The van der Waals surface area contributed by atoms with Crippen molar-refractivity contribution in [2.45, 2.75) is 32.2 Å². The van der Waals surface area contributed by atoms with Gasteiger partial charge in [-0.05, 0) is 70.9 Å². The number of hydrogen-bond acceptors (Lipinski definition) is 3. The van der Waals surface area contributed by atoms with Gasteiger partial charge in [-0.1, -0.05) is 19.1 Å². The molecule has 21 heavy (non-hydrogen) atoms. The molecule has 1 aromatic carbocycles. The van der Waals surface area contributed by atoms with Gasteiger partial charge in [-0.25, -0.2) is 0 Å². The fraction of sp³-hybridized carbons (Fsp3) is 0.412. The number of halogens is 1. The first-order chi connectivity index (χ1) is 10.2. The molecule has 0 bridgehead atoms. The van der Waals surface area contributed by atoms with Gasteiger partial charge in [0.25, 0.3) is 0 Å². The van der Waals surface area contributed by atoms with Gasteiger partial charge in [0.05, 0.1) is 7.11 Å². The van der Waals surface area contributed by atoms with E-state index >= 15 is 0 Å². The van der Waals surface area contributed by atoms with Crippen LogP contribution in [-0.2, 0) is 12.8 Å². The largest absolute Gasteiger partial charge is 0.497 e. The fourth-order valence-corrected chi connectivity index (χ4v) is 3.94. The van der Waals surface area contributed by atoms with E-state index in [1.165, 1.54) is 14.9 Å². The molecule has 0 radical (unpaired) electrons. The summed E-state index contributed by atoms with van der Waals surface area (Å²) in [7, 11) is 1.72. The lowest BCUT2D eigenvalue weighted by Crippen LogP contribution is -2.33. The molecule has 0 spiro atoms. The average Bonchev–Trinajstić information content (AvgIpc) is 2.90. The summed E-state index contributed by atoms with van der Waals surface area (Å²) in [5, 5.41) is 5.81. The Labute approximate surface area is 139 Å². The van der Waals surface area contributed by atoms with E-state index in [0.717, 1.165) is 31.6 Å². The zero-order valence-corrected chi connectivity index (χ0v) is 15.0. The molecule has 1 unspecified atom stereocenters. The van der Waals surface area contributed by atoms with Crippen LogP contribution in [0.1, 0.15) is 23.8 Å². The van der Waals surface area contributed by atoms with Gasteiger partial charge in [0.2, 0.25) is 0 Å². The van der Waals surface area contributed by atoms with Crippen LogP contribution in [0.3, 0.4) is 0 Å². The van der Waals surface area contributed by atoms with Crippen LogP contribution in [0.4, 0.5) is 0 Å². The van der Waals surface area contributed by atoms with E-state index in [-0.39, 0.29) is 0 Å². The molecule has 1 heterocycles. The van der Waals surface area contributed by atoms with Gasteiger partial charge in [0.1, 0.15) is 5.75 Å². The Hall–Kier alpha value is -0.840. The minimum atomic E-state index is 0.451. The molecule has 0 aliphatic rings. The summed E-state index contributed by atoms with van der Waals surface area (Å²) in [5.41, 5.74) is 1.32. The van der Waals surface area contributed by atoms with Crippen LogP contribution < -0.4 is 10.1 Å². The molecule has 0 saturated heterocycles. The maximum absolute atomic E-state index is 5.32. The van der Waals surface area contributed by atoms with Crippen LogP contribution in [0.2, 0.25) is 0 Å². The van der Waals surface area contributed by atoms with Crippen molar-refractivity contribution in [2.24, 2.45) is 0 Å². The lowest BCUT2D eigenvalue weighted by atomic mass is 10.0. The van der Waals surface area contributed by atoms with Gasteiger partial charge >= 0.3 is 0 Å². The van der Waals surface area contributed by atoms with Crippen molar-refractivity contribution in [3.05, 3.63) is 50.6 Å². The van der Waals surface area contributed by atoms with Crippen molar-refractivity contribution >= 4 is 27.3 Å². The van der Waals surface area contributed by atoms with E-state index in [1.54, 1.807) is 7.11 Å². The van der Waals surface area contributed by atoms with E-state index in [4.69, 9.17) is 4.74 Å². The third-order valence-electron chi connectivity index (χ3n) is 3.42. The number of nitrogens with one attached hydrogen (secondary N) is 1. The Morgan fingerprint density at radius 1 is 1.29 bits per heavy atom. The first-order valence-corrected chi connectivity index (χ1v) is 8.98. The predicted octanol–water partition coefficient (Wildman–Crippen LogP) is 4.67.